The van der Waals surface area contributed by atoms with Crippen LogP contribution < -0.4 is 10.2 Å². The van der Waals surface area contributed by atoms with Crippen LogP contribution in [0, 0.1) is 5.41 Å². The van der Waals surface area contributed by atoms with Crippen LogP contribution in [0.4, 0.5) is 5.95 Å². The van der Waals surface area contributed by atoms with Crippen molar-refractivity contribution in [3.63, 3.8) is 0 Å². The van der Waals surface area contributed by atoms with Gasteiger partial charge in [0.1, 0.15) is 5.75 Å². The lowest BCUT2D eigenvalue weighted by atomic mass is 9.61. The highest BCUT2D eigenvalue weighted by Gasteiger charge is 2.50. The van der Waals surface area contributed by atoms with Crippen LogP contribution in [0.1, 0.15) is 54.5 Å². The summed E-state index contributed by atoms with van der Waals surface area (Å²) in [6.07, 6.45) is 9.81. The van der Waals surface area contributed by atoms with Crippen LogP contribution in [0.5, 0.6) is 5.75 Å². The number of para-hydroxylation sites is 1. The van der Waals surface area contributed by atoms with Crippen LogP contribution in [-0.4, -0.2) is 85.6 Å². The number of aromatic amines is 1. The second kappa shape index (κ2) is 9.75. The van der Waals surface area contributed by atoms with Gasteiger partial charge in [0.2, 0.25) is 5.95 Å². The zero-order valence-corrected chi connectivity index (χ0v) is 23.1. The molecule has 1 aromatic carbocycles. The number of aliphatic hydroxyl groups excluding tert-OH is 1. The average Bonchev–Trinajstić information content (AvgIpc) is 3.34. The predicted octanol–water partition coefficient (Wildman–Crippen LogP) is 3.15. The molecule has 4 N–H and O–H groups in total. The molecule has 6 heterocycles. The Bertz CT molecular complexity index is 1570. The van der Waals surface area contributed by atoms with Gasteiger partial charge in [0.05, 0.1) is 18.3 Å². The van der Waals surface area contributed by atoms with Crippen LogP contribution in [0.15, 0.2) is 42.7 Å². The first kappa shape index (κ1) is 25.1. The minimum absolute atomic E-state index is 0.0731. The Morgan fingerprint density at radius 1 is 1.00 bits per heavy atom. The Hall–Kier alpha value is -3.60. The summed E-state index contributed by atoms with van der Waals surface area (Å²) < 4.78 is 0. The summed E-state index contributed by atoms with van der Waals surface area (Å²) in [5.41, 5.74) is 5.79. The molecule has 41 heavy (non-hydrogen) atoms. The summed E-state index contributed by atoms with van der Waals surface area (Å²) in [7, 11) is 0. The third-order valence-corrected chi connectivity index (χ3v) is 10.1. The van der Waals surface area contributed by atoms with Crippen molar-refractivity contribution in [2.75, 3.05) is 44.2 Å². The van der Waals surface area contributed by atoms with E-state index in [9.17, 15) is 10.2 Å². The Balaban J connectivity index is 0.998. The second-order valence-electron chi connectivity index (χ2n) is 12.5. The van der Waals surface area contributed by atoms with Gasteiger partial charge >= 0.3 is 0 Å². The van der Waals surface area contributed by atoms with E-state index in [1.54, 1.807) is 12.1 Å². The SMILES string of the molecule is OC[C@@H]1c2c([nH]c3nnc(-c4ccccc4O)cc23)CCN1c1ncc(C2CCN(C3CC4(CNC4)C3)CC2)cn1. The summed E-state index contributed by atoms with van der Waals surface area (Å²) >= 11 is 0. The number of rotatable bonds is 5. The van der Waals surface area contributed by atoms with Crippen molar-refractivity contribution < 1.29 is 10.2 Å². The van der Waals surface area contributed by atoms with Gasteiger partial charge in [0.25, 0.3) is 0 Å². The van der Waals surface area contributed by atoms with E-state index in [2.05, 4.69) is 30.3 Å². The monoisotopic (exact) mass is 552 g/mol. The fraction of sp³-hybridized carbons (Fsp3) is 0.484. The second-order valence-corrected chi connectivity index (χ2v) is 12.5. The maximum Gasteiger partial charge on any atom is 0.225 e. The van der Waals surface area contributed by atoms with Gasteiger partial charge < -0.3 is 30.3 Å². The molecule has 0 unspecified atom stereocenters. The molecular formula is C31H36N8O2. The van der Waals surface area contributed by atoms with Gasteiger partial charge in [-0.1, -0.05) is 12.1 Å². The van der Waals surface area contributed by atoms with E-state index in [0.717, 1.165) is 55.0 Å². The summed E-state index contributed by atoms with van der Waals surface area (Å²) in [6, 6.07) is 9.55. The Morgan fingerprint density at radius 3 is 2.49 bits per heavy atom. The van der Waals surface area contributed by atoms with E-state index < -0.39 is 0 Å². The summed E-state index contributed by atoms with van der Waals surface area (Å²) in [5, 5.41) is 34.1. The first-order valence-electron chi connectivity index (χ1n) is 14.9. The fourth-order valence-electron chi connectivity index (χ4n) is 7.69. The molecule has 1 aliphatic carbocycles. The summed E-state index contributed by atoms with van der Waals surface area (Å²) in [6.45, 7) is 5.37. The number of H-pyrrole nitrogens is 1. The molecule has 4 aromatic rings. The van der Waals surface area contributed by atoms with Crippen molar-refractivity contribution in [2.45, 2.75) is 50.1 Å². The maximum atomic E-state index is 10.6. The molecule has 10 heteroatoms. The third-order valence-electron chi connectivity index (χ3n) is 10.1. The van der Waals surface area contributed by atoms with Gasteiger partial charge in [-0.3, -0.25) is 0 Å². The molecule has 10 nitrogen and oxygen atoms in total. The standard InChI is InChI=1S/C31H36N8O2/c40-16-26-28-23-11-25(22-3-1-2-4-27(22)41)36-37-29(23)35-24(28)7-10-39(26)30-33-14-20(15-34-30)19-5-8-38(9-6-19)21-12-31(13-21)17-32-18-31/h1-4,11,14-15,19,21,26,32,40-41H,5-10,12-13,16-18H2,(H,35,37)/t26-/m1/s1. The lowest BCUT2D eigenvalue weighted by Crippen LogP contribution is -2.65. The normalized spacial score (nSPS) is 23.0. The smallest absolute Gasteiger partial charge is 0.225 e. The van der Waals surface area contributed by atoms with Crippen molar-refractivity contribution >= 4 is 17.0 Å². The van der Waals surface area contributed by atoms with Crippen LogP contribution in [0.2, 0.25) is 0 Å². The number of nitrogens with one attached hydrogen (secondary N) is 2. The highest BCUT2D eigenvalue weighted by molar-refractivity contribution is 5.86. The van der Waals surface area contributed by atoms with E-state index in [1.165, 1.54) is 31.5 Å². The molecule has 3 aromatic heterocycles. The number of fused-ring (bicyclic) bond motifs is 3. The van der Waals surface area contributed by atoms with E-state index in [1.807, 2.05) is 30.6 Å². The van der Waals surface area contributed by atoms with E-state index in [0.29, 0.717) is 40.7 Å². The largest absolute Gasteiger partial charge is 0.507 e. The Labute approximate surface area is 238 Å². The fourth-order valence-corrected chi connectivity index (χ4v) is 7.69. The van der Waals surface area contributed by atoms with Crippen LogP contribution in [0.25, 0.3) is 22.3 Å². The summed E-state index contributed by atoms with van der Waals surface area (Å²) in [5.74, 6) is 1.30. The van der Waals surface area contributed by atoms with Crippen LogP contribution >= 0.6 is 0 Å². The van der Waals surface area contributed by atoms with Gasteiger partial charge in [0, 0.05) is 66.7 Å². The average molecular weight is 553 g/mol. The number of likely N-dealkylation sites (tertiary alicyclic amines) is 1. The quantitative estimate of drug-likeness (QED) is 0.295. The van der Waals surface area contributed by atoms with Crippen molar-refractivity contribution in [3.8, 4) is 17.0 Å². The number of hydrogen-bond donors (Lipinski definition) is 4. The molecule has 2 saturated heterocycles. The lowest BCUT2D eigenvalue weighted by molar-refractivity contribution is -0.0432. The number of aliphatic hydroxyl groups is 1. The molecule has 4 aliphatic rings. The number of anilines is 1. The minimum Gasteiger partial charge on any atom is -0.507 e. The zero-order valence-electron chi connectivity index (χ0n) is 23.1. The van der Waals surface area contributed by atoms with Gasteiger partial charge in [-0.15, -0.1) is 10.2 Å². The van der Waals surface area contributed by atoms with E-state index in [-0.39, 0.29) is 18.4 Å². The lowest BCUT2D eigenvalue weighted by Gasteiger charge is -2.58. The number of aromatic nitrogens is 5. The van der Waals surface area contributed by atoms with E-state index in [4.69, 9.17) is 9.97 Å². The molecule has 3 fully saturated rings. The van der Waals surface area contributed by atoms with Crippen LogP contribution in [-0.2, 0) is 6.42 Å². The molecule has 0 radical (unpaired) electrons. The maximum absolute atomic E-state index is 10.6. The summed E-state index contributed by atoms with van der Waals surface area (Å²) in [4.78, 5) is 17.9. The molecule has 1 spiro atoms. The van der Waals surface area contributed by atoms with Crippen molar-refractivity contribution in [3.05, 3.63) is 59.5 Å². The molecule has 3 aliphatic heterocycles. The molecule has 1 atom stereocenters. The van der Waals surface area contributed by atoms with Crippen molar-refractivity contribution in [2.24, 2.45) is 5.41 Å². The highest BCUT2D eigenvalue weighted by atomic mass is 16.3. The molecule has 0 bridgehead atoms. The van der Waals surface area contributed by atoms with Crippen molar-refractivity contribution in [1.29, 1.82) is 0 Å². The molecule has 212 valence electrons. The number of piperidine rings is 1. The zero-order chi connectivity index (χ0) is 27.6. The number of phenolic OH excluding ortho intramolecular Hbond substituents is 1. The number of aromatic hydroxyl groups is 1. The number of benzene rings is 1. The molecule has 8 rings (SSSR count). The van der Waals surface area contributed by atoms with E-state index >= 15 is 0 Å². The van der Waals surface area contributed by atoms with Gasteiger partial charge in [-0.2, -0.15) is 0 Å². The van der Waals surface area contributed by atoms with Gasteiger partial charge in [-0.25, -0.2) is 9.97 Å². The van der Waals surface area contributed by atoms with Gasteiger partial charge in [0.15, 0.2) is 5.65 Å². The number of hydrogen-bond acceptors (Lipinski definition) is 9. The Kier molecular flexibility index (Phi) is 5.98. The first-order chi connectivity index (χ1) is 20.1. The first-order valence-corrected chi connectivity index (χ1v) is 14.9. The molecule has 1 saturated carbocycles. The third kappa shape index (κ3) is 4.19. The molecule has 0 amide bonds. The number of phenols is 1. The van der Waals surface area contributed by atoms with Crippen molar-refractivity contribution in [1.82, 2.24) is 35.4 Å². The van der Waals surface area contributed by atoms with Crippen LogP contribution in [0.3, 0.4) is 0 Å². The number of nitrogens with zero attached hydrogens (tertiary/aromatic N) is 6. The molecular weight excluding hydrogens is 516 g/mol. The minimum atomic E-state index is -0.306. The topological polar surface area (TPSA) is 126 Å². The highest BCUT2D eigenvalue weighted by Crippen LogP contribution is 2.47. The predicted molar refractivity (Wildman–Crippen MR) is 156 cm³/mol. The Morgan fingerprint density at radius 2 is 1.78 bits per heavy atom. The van der Waals surface area contributed by atoms with Gasteiger partial charge in [-0.05, 0) is 73.9 Å².